The van der Waals surface area contributed by atoms with Crippen LogP contribution in [0.2, 0.25) is 0 Å². The molecule has 3 nitrogen and oxygen atoms in total. The zero-order valence-corrected chi connectivity index (χ0v) is 14.0. The van der Waals surface area contributed by atoms with Crippen LogP contribution in [0.5, 0.6) is 0 Å². The third-order valence-electron chi connectivity index (χ3n) is 4.07. The summed E-state index contributed by atoms with van der Waals surface area (Å²) in [4.78, 5) is 0. The van der Waals surface area contributed by atoms with Crippen LogP contribution in [0.1, 0.15) is 50.9 Å². The number of nitrogens with zero attached hydrogens (tertiary/aromatic N) is 2. The molecular weight excluding hydrogens is 266 g/mol. The molecule has 1 N–H and O–H groups in total. The minimum absolute atomic E-state index is 0.576. The van der Waals surface area contributed by atoms with Crippen LogP contribution >= 0.6 is 11.8 Å². The first-order valence-electron chi connectivity index (χ1n) is 8.11. The maximum absolute atomic E-state index is 4.56. The number of hydrogen-bond donors (Lipinski definition) is 1. The second-order valence-electron chi connectivity index (χ2n) is 5.79. The van der Waals surface area contributed by atoms with E-state index in [-0.39, 0.29) is 0 Å². The predicted octanol–water partition coefficient (Wildman–Crippen LogP) is 3.41. The van der Waals surface area contributed by atoms with Gasteiger partial charge in [-0.05, 0) is 39.3 Å². The molecule has 0 radical (unpaired) electrons. The lowest BCUT2D eigenvalue weighted by atomic mass is 10.1. The number of hydrogen-bond acceptors (Lipinski definition) is 3. The molecule has 114 valence electrons. The van der Waals surface area contributed by atoms with E-state index >= 15 is 0 Å². The van der Waals surface area contributed by atoms with Gasteiger partial charge in [-0.15, -0.1) is 0 Å². The van der Waals surface area contributed by atoms with E-state index in [0.717, 1.165) is 30.5 Å². The second-order valence-corrected chi connectivity index (χ2v) is 7.12. The van der Waals surface area contributed by atoms with E-state index in [1.54, 1.807) is 0 Å². The van der Waals surface area contributed by atoms with E-state index in [4.69, 9.17) is 0 Å². The number of thioether (sulfide) groups is 1. The van der Waals surface area contributed by atoms with Crippen molar-refractivity contribution < 1.29 is 0 Å². The fourth-order valence-electron chi connectivity index (χ4n) is 3.08. The van der Waals surface area contributed by atoms with Gasteiger partial charge < -0.3 is 5.32 Å². The Bertz CT molecular complexity index is 396. The number of likely N-dealkylation sites (N-methyl/N-ethyl adjacent to an activating group) is 1. The maximum atomic E-state index is 4.56. The summed E-state index contributed by atoms with van der Waals surface area (Å²) in [6.07, 6.45) is 6.82. The average Bonchev–Trinajstić information content (AvgIpc) is 3.05. The second kappa shape index (κ2) is 8.08. The Morgan fingerprint density at radius 2 is 2.15 bits per heavy atom. The fourth-order valence-corrected chi connectivity index (χ4v) is 4.48. The minimum atomic E-state index is 0.576. The van der Waals surface area contributed by atoms with Crippen LogP contribution in [0.3, 0.4) is 0 Å². The normalized spacial score (nSPS) is 17.8. The molecule has 1 unspecified atom stereocenters. The van der Waals surface area contributed by atoms with E-state index in [2.05, 4.69) is 53.7 Å². The van der Waals surface area contributed by atoms with Crippen molar-refractivity contribution in [1.29, 1.82) is 0 Å². The van der Waals surface area contributed by atoms with Crippen molar-refractivity contribution in [2.75, 3.05) is 12.3 Å². The van der Waals surface area contributed by atoms with Crippen LogP contribution in [0.4, 0.5) is 0 Å². The molecule has 2 rings (SSSR count). The summed E-state index contributed by atoms with van der Waals surface area (Å²) in [7, 11) is 0. The van der Waals surface area contributed by atoms with Gasteiger partial charge in [-0.3, -0.25) is 4.68 Å². The molecule has 20 heavy (non-hydrogen) atoms. The Kier molecular flexibility index (Phi) is 6.43. The summed E-state index contributed by atoms with van der Waals surface area (Å²) < 4.78 is 2.15. The SMILES string of the molecule is CCNC(CSC1CCCC1)Cc1cc(C)nn1CC. The molecule has 0 saturated heterocycles. The molecule has 1 heterocycles. The predicted molar refractivity (Wildman–Crippen MR) is 88.5 cm³/mol. The molecule has 0 spiro atoms. The summed E-state index contributed by atoms with van der Waals surface area (Å²) in [5.74, 6) is 1.23. The Balaban J connectivity index is 1.89. The molecule has 4 heteroatoms. The molecule has 0 aliphatic heterocycles. The Labute approximate surface area is 127 Å². The number of aromatic nitrogens is 2. The summed E-state index contributed by atoms with van der Waals surface area (Å²) in [6.45, 7) is 8.49. The zero-order chi connectivity index (χ0) is 14.4. The Morgan fingerprint density at radius 3 is 2.80 bits per heavy atom. The summed E-state index contributed by atoms with van der Waals surface area (Å²) in [5, 5.41) is 9.13. The topological polar surface area (TPSA) is 29.9 Å². The lowest BCUT2D eigenvalue weighted by Gasteiger charge is -2.20. The molecule has 1 fully saturated rings. The van der Waals surface area contributed by atoms with E-state index < -0.39 is 0 Å². The highest BCUT2D eigenvalue weighted by atomic mass is 32.2. The van der Waals surface area contributed by atoms with Gasteiger partial charge in [0.05, 0.1) is 5.69 Å². The van der Waals surface area contributed by atoms with E-state index in [1.807, 2.05) is 0 Å². The van der Waals surface area contributed by atoms with Gasteiger partial charge >= 0.3 is 0 Å². The fraction of sp³-hybridized carbons (Fsp3) is 0.812. The highest BCUT2D eigenvalue weighted by Crippen LogP contribution is 2.30. The van der Waals surface area contributed by atoms with Gasteiger partial charge in [-0.2, -0.15) is 16.9 Å². The van der Waals surface area contributed by atoms with Crippen molar-refractivity contribution in [3.63, 3.8) is 0 Å². The van der Waals surface area contributed by atoms with Crippen LogP contribution in [-0.2, 0) is 13.0 Å². The van der Waals surface area contributed by atoms with Crippen LogP contribution in [-0.4, -0.2) is 33.4 Å². The summed E-state index contributed by atoms with van der Waals surface area (Å²) >= 11 is 2.18. The van der Waals surface area contributed by atoms with Crippen molar-refractivity contribution in [2.24, 2.45) is 0 Å². The lowest BCUT2D eigenvalue weighted by Crippen LogP contribution is -2.34. The van der Waals surface area contributed by atoms with Crippen molar-refractivity contribution in [3.8, 4) is 0 Å². The monoisotopic (exact) mass is 295 g/mol. The highest BCUT2D eigenvalue weighted by Gasteiger charge is 2.18. The molecular formula is C16H29N3S. The van der Waals surface area contributed by atoms with E-state index in [9.17, 15) is 0 Å². The first kappa shape index (κ1) is 15.9. The third-order valence-corrected chi connectivity index (χ3v) is 5.61. The maximum Gasteiger partial charge on any atom is 0.0596 e. The molecule has 1 aromatic rings. The molecule has 0 bridgehead atoms. The van der Waals surface area contributed by atoms with Crippen LogP contribution in [0, 0.1) is 6.92 Å². The first-order chi connectivity index (χ1) is 9.72. The van der Waals surface area contributed by atoms with Crippen molar-refractivity contribution in [1.82, 2.24) is 15.1 Å². The number of aryl methyl sites for hydroxylation is 2. The van der Waals surface area contributed by atoms with Crippen LogP contribution in [0.15, 0.2) is 6.07 Å². The van der Waals surface area contributed by atoms with Gasteiger partial charge in [-0.25, -0.2) is 0 Å². The standard InChI is InChI=1S/C16H29N3S/c1-4-17-14(12-20-16-8-6-7-9-16)11-15-10-13(3)18-19(15)5-2/h10,14,16-17H,4-9,11-12H2,1-3H3. The van der Waals surface area contributed by atoms with E-state index in [1.165, 1.54) is 37.1 Å². The van der Waals surface area contributed by atoms with Crippen molar-refractivity contribution >= 4 is 11.8 Å². The average molecular weight is 295 g/mol. The lowest BCUT2D eigenvalue weighted by molar-refractivity contribution is 0.533. The van der Waals surface area contributed by atoms with E-state index in [0.29, 0.717) is 6.04 Å². The first-order valence-corrected chi connectivity index (χ1v) is 9.16. The molecule has 1 atom stereocenters. The Hall–Kier alpha value is -0.480. The molecule has 1 saturated carbocycles. The smallest absolute Gasteiger partial charge is 0.0596 e. The van der Waals surface area contributed by atoms with Gasteiger partial charge in [0.1, 0.15) is 0 Å². The Morgan fingerprint density at radius 1 is 1.40 bits per heavy atom. The molecule has 1 aliphatic rings. The number of rotatable bonds is 8. The van der Waals surface area contributed by atoms with Crippen LogP contribution in [0.25, 0.3) is 0 Å². The third kappa shape index (κ3) is 4.52. The summed E-state index contributed by atoms with van der Waals surface area (Å²) in [6, 6.07) is 2.82. The molecule has 1 aromatic heterocycles. The van der Waals surface area contributed by atoms with Gasteiger partial charge in [0.2, 0.25) is 0 Å². The zero-order valence-electron chi connectivity index (χ0n) is 13.2. The summed E-state index contributed by atoms with van der Waals surface area (Å²) in [5.41, 5.74) is 2.52. The van der Waals surface area contributed by atoms with Gasteiger partial charge in [-0.1, -0.05) is 19.8 Å². The largest absolute Gasteiger partial charge is 0.313 e. The highest BCUT2D eigenvalue weighted by molar-refractivity contribution is 7.99. The van der Waals surface area contributed by atoms with Gasteiger partial charge in [0.15, 0.2) is 0 Å². The van der Waals surface area contributed by atoms with Crippen molar-refractivity contribution in [2.45, 2.75) is 70.7 Å². The molecule has 0 amide bonds. The van der Waals surface area contributed by atoms with Crippen molar-refractivity contribution in [3.05, 3.63) is 17.5 Å². The van der Waals surface area contributed by atoms with Gasteiger partial charge in [0, 0.05) is 35.7 Å². The van der Waals surface area contributed by atoms with Crippen LogP contribution < -0.4 is 5.32 Å². The van der Waals surface area contributed by atoms with Gasteiger partial charge in [0.25, 0.3) is 0 Å². The molecule has 1 aliphatic carbocycles. The molecule has 0 aromatic carbocycles. The number of nitrogens with one attached hydrogen (secondary N) is 1. The quantitative estimate of drug-likeness (QED) is 0.797. The minimum Gasteiger partial charge on any atom is -0.313 e.